The van der Waals surface area contributed by atoms with E-state index in [1.54, 1.807) is 12.1 Å². The lowest BCUT2D eigenvalue weighted by molar-refractivity contribution is 0.136. The van der Waals surface area contributed by atoms with Crippen molar-refractivity contribution in [1.82, 2.24) is 4.72 Å². The van der Waals surface area contributed by atoms with E-state index >= 15 is 0 Å². The van der Waals surface area contributed by atoms with E-state index in [4.69, 9.17) is 0 Å². The first-order valence-corrected chi connectivity index (χ1v) is 8.80. The molecule has 1 saturated carbocycles. The van der Waals surface area contributed by atoms with Gasteiger partial charge in [0.1, 0.15) is 0 Å². The van der Waals surface area contributed by atoms with Crippen molar-refractivity contribution in [3.05, 3.63) is 29.8 Å². The molecule has 1 aliphatic carbocycles. The smallest absolute Gasteiger partial charge is 0.207 e. The molecule has 112 valence electrons. The molecule has 0 aromatic heterocycles. The third-order valence-corrected chi connectivity index (χ3v) is 5.96. The van der Waals surface area contributed by atoms with E-state index in [2.05, 4.69) is 25.5 Å². The molecule has 0 heterocycles. The summed E-state index contributed by atoms with van der Waals surface area (Å²) in [6, 6.07) is 7.03. The Morgan fingerprint density at radius 3 is 2.35 bits per heavy atom. The second kappa shape index (κ2) is 5.49. The zero-order valence-corrected chi connectivity index (χ0v) is 13.6. The molecule has 0 radical (unpaired) electrons. The van der Waals surface area contributed by atoms with Crippen LogP contribution in [0.3, 0.4) is 0 Å². The standard InChI is InChI=1S/C16H25NO2S/c1-12-7-9-14(10-8-12)20(18,19)17-15-13(2)6-5-11-16(15,3)4/h7-10,13,15,17H,5-6,11H2,1-4H3/t13-,15+/m1/s1. The Hall–Kier alpha value is -0.870. The highest BCUT2D eigenvalue weighted by Gasteiger charge is 2.39. The normalized spacial score (nSPS) is 26.4. The van der Waals surface area contributed by atoms with Crippen molar-refractivity contribution < 1.29 is 8.42 Å². The fourth-order valence-corrected chi connectivity index (χ4v) is 4.72. The predicted molar refractivity (Wildman–Crippen MR) is 82.1 cm³/mol. The van der Waals surface area contributed by atoms with E-state index in [-0.39, 0.29) is 11.5 Å². The lowest BCUT2D eigenvalue weighted by Crippen LogP contribution is -2.50. The van der Waals surface area contributed by atoms with Crippen molar-refractivity contribution in [1.29, 1.82) is 0 Å². The second-order valence-electron chi connectivity index (χ2n) is 6.77. The number of hydrogen-bond donors (Lipinski definition) is 1. The molecule has 1 N–H and O–H groups in total. The average Bonchev–Trinajstić information content (AvgIpc) is 2.34. The van der Waals surface area contributed by atoms with Crippen LogP contribution in [0.1, 0.15) is 45.6 Å². The summed E-state index contributed by atoms with van der Waals surface area (Å²) in [6.45, 7) is 8.41. The average molecular weight is 295 g/mol. The molecule has 0 spiro atoms. The molecule has 20 heavy (non-hydrogen) atoms. The molecular formula is C16H25NO2S. The van der Waals surface area contributed by atoms with Gasteiger partial charge in [0.05, 0.1) is 4.90 Å². The minimum absolute atomic E-state index is 0.00236. The van der Waals surface area contributed by atoms with Gasteiger partial charge in [-0.1, -0.05) is 44.9 Å². The van der Waals surface area contributed by atoms with Gasteiger partial charge >= 0.3 is 0 Å². The first-order valence-electron chi connectivity index (χ1n) is 7.31. The summed E-state index contributed by atoms with van der Waals surface area (Å²) >= 11 is 0. The topological polar surface area (TPSA) is 46.2 Å². The largest absolute Gasteiger partial charge is 0.240 e. The van der Waals surface area contributed by atoms with Crippen molar-refractivity contribution in [3.8, 4) is 0 Å². The lowest BCUT2D eigenvalue weighted by atomic mass is 9.69. The molecule has 2 rings (SSSR count). The number of benzene rings is 1. The van der Waals surface area contributed by atoms with Crippen molar-refractivity contribution in [2.24, 2.45) is 11.3 Å². The van der Waals surface area contributed by atoms with Crippen molar-refractivity contribution in [2.75, 3.05) is 0 Å². The highest BCUT2D eigenvalue weighted by molar-refractivity contribution is 7.89. The summed E-state index contributed by atoms with van der Waals surface area (Å²) in [6.07, 6.45) is 3.33. The van der Waals surface area contributed by atoms with Crippen LogP contribution in [0.25, 0.3) is 0 Å². The van der Waals surface area contributed by atoms with Crippen LogP contribution in [0, 0.1) is 18.3 Å². The van der Waals surface area contributed by atoms with Gasteiger partial charge in [-0.15, -0.1) is 0 Å². The van der Waals surface area contributed by atoms with Gasteiger partial charge in [0.25, 0.3) is 0 Å². The minimum Gasteiger partial charge on any atom is -0.207 e. The molecule has 2 atom stereocenters. The first-order chi connectivity index (χ1) is 9.22. The number of rotatable bonds is 3. The van der Waals surface area contributed by atoms with Crippen LogP contribution in [0.2, 0.25) is 0 Å². The maximum Gasteiger partial charge on any atom is 0.240 e. The van der Waals surface area contributed by atoms with Gasteiger partial charge in [-0.05, 0) is 43.2 Å². The van der Waals surface area contributed by atoms with Gasteiger partial charge in [-0.2, -0.15) is 0 Å². The Labute approximate surface area is 122 Å². The Morgan fingerprint density at radius 1 is 1.20 bits per heavy atom. The fourth-order valence-electron chi connectivity index (χ4n) is 3.20. The summed E-state index contributed by atoms with van der Waals surface area (Å²) in [5.74, 6) is 0.374. The van der Waals surface area contributed by atoms with Crippen LogP contribution in [-0.2, 0) is 10.0 Å². The fraction of sp³-hybridized carbons (Fsp3) is 0.625. The summed E-state index contributed by atoms with van der Waals surface area (Å²) < 4.78 is 28.0. The van der Waals surface area contributed by atoms with E-state index in [0.29, 0.717) is 10.8 Å². The molecule has 0 amide bonds. The molecule has 0 aliphatic heterocycles. The molecule has 0 unspecified atom stereocenters. The highest BCUT2D eigenvalue weighted by Crippen LogP contribution is 2.39. The van der Waals surface area contributed by atoms with E-state index in [0.717, 1.165) is 18.4 Å². The molecule has 1 aromatic carbocycles. The number of aryl methyl sites for hydroxylation is 1. The maximum absolute atomic E-state index is 12.5. The lowest BCUT2D eigenvalue weighted by Gasteiger charge is -2.43. The molecule has 1 fully saturated rings. The Bertz CT molecular complexity index is 561. The zero-order chi connectivity index (χ0) is 15.0. The second-order valence-corrected chi connectivity index (χ2v) is 8.48. The quantitative estimate of drug-likeness (QED) is 0.928. The van der Waals surface area contributed by atoms with Crippen LogP contribution in [0.15, 0.2) is 29.2 Å². The molecular weight excluding hydrogens is 270 g/mol. The van der Waals surface area contributed by atoms with Crippen molar-refractivity contribution in [3.63, 3.8) is 0 Å². The third kappa shape index (κ3) is 3.23. The van der Waals surface area contributed by atoms with Gasteiger partial charge in [0.2, 0.25) is 10.0 Å². The Balaban J connectivity index is 2.25. The number of nitrogens with one attached hydrogen (secondary N) is 1. The monoisotopic (exact) mass is 295 g/mol. The summed E-state index contributed by atoms with van der Waals surface area (Å²) in [5.41, 5.74) is 1.07. The molecule has 1 aromatic rings. The van der Waals surface area contributed by atoms with Gasteiger partial charge in [0.15, 0.2) is 0 Å². The van der Waals surface area contributed by atoms with E-state index in [1.807, 2.05) is 19.1 Å². The predicted octanol–water partition coefficient (Wildman–Crippen LogP) is 3.49. The molecule has 1 aliphatic rings. The molecule has 0 bridgehead atoms. The first kappa shape index (κ1) is 15.5. The Morgan fingerprint density at radius 2 is 1.80 bits per heavy atom. The van der Waals surface area contributed by atoms with Crippen LogP contribution < -0.4 is 4.72 Å². The summed E-state index contributed by atoms with van der Waals surface area (Å²) in [7, 11) is -3.43. The highest BCUT2D eigenvalue weighted by atomic mass is 32.2. The molecule has 3 nitrogen and oxygen atoms in total. The van der Waals surface area contributed by atoms with E-state index in [9.17, 15) is 8.42 Å². The van der Waals surface area contributed by atoms with Crippen LogP contribution in [0.5, 0.6) is 0 Å². The van der Waals surface area contributed by atoms with E-state index < -0.39 is 10.0 Å². The van der Waals surface area contributed by atoms with Gasteiger partial charge in [0, 0.05) is 6.04 Å². The van der Waals surface area contributed by atoms with Crippen molar-refractivity contribution in [2.45, 2.75) is 57.9 Å². The zero-order valence-electron chi connectivity index (χ0n) is 12.8. The van der Waals surface area contributed by atoms with Crippen LogP contribution in [-0.4, -0.2) is 14.5 Å². The maximum atomic E-state index is 12.5. The molecule has 4 heteroatoms. The Kier molecular flexibility index (Phi) is 4.26. The summed E-state index contributed by atoms with van der Waals surface area (Å²) in [4.78, 5) is 0.358. The van der Waals surface area contributed by atoms with Gasteiger partial charge in [-0.25, -0.2) is 13.1 Å². The molecule has 0 saturated heterocycles. The number of hydrogen-bond acceptors (Lipinski definition) is 2. The van der Waals surface area contributed by atoms with Crippen LogP contribution >= 0.6 is 0 Å². The minimum atomic E-state index is -3.43. The van der Waals surface area contributed by atoms with Crippen LogP contribution in [0.4, 0.5) is 0 Å². The SMILES string of the molecule is Cc1ccc(S(=O)(=O)N[C@H]2[C@H](C)CCCC2(C)C)cc1. The van der Waals surface area contributed by atoms with Gasteiger partial charge in [-0.3, -0.25) is 0 Å². The van der Waals surface area contributed by atoms with Gasteiger partial charge < -0.3 is 0 Å². The number of sulfonamides is 1. The van der Waals surface area contributed by atoms with Crippen molar-refractivity contribution >= 4 is 10.0 Å². The van der Waals surface area contributed by atoms with E-state index in [1.165, 1.54) is 6.42 Å². The third-order valence-electron chi connectivity index (χ3n) is 4.50. The summed E-state index contributed by atoms with van der Waals surface area (Å²) in [5, 5.41) is 0.